The van der Waals surface area contributed by atoms with Gasteiger partial charge in [0.25, 0.3) is 11.8 Å². The molecular formula is C26H30FN3O2. The molecule has 0 radical (unpaired) electrons. The maximum atomic E-state index is 14.0. The van der Waals surface area contributed by atoms with Crippen molar-refractivity contribution in [3.05, 3.63) is 70.5 Å². The van der Waals surface area contributed by atoms with Gasteiger partial charge >= 0.3 is 0 Å². The van der Waals surface area contributed by atoms with Crippen LogP contribution in [-0.2, 0) is 13.0 Å². The van der Waals surface area contributed by atoms with Crippen LogP contribution < -0.4 is 0 Å². The van der Waals surface area contributed by atoms with Crippen LogP contribution in [0.1, 0.15) is 57.5 Å². The van der Waals surface area contributed by atoms with E-state index in [1.807, 2.05) is 23.1 Å². The van der Waals surface area contributed by atoms with E-state index in [1.165, 1.54) is 37.8 Å². The Morgan fingerprint density at radius 1 is 0.812 bits per heavy atom. The van der Waals surface area contributed by atoms with Crippen LogP contribution in [0, 0.1) is 5.82 Å². The van der Waals surface area contributed by atoms with Gasteiger partial charge in [0.2, 0.25) is 0 Å². The molecule has 5 nitrogen and oxygen atoms in total. The number of piperazine rings is 1. The Labute approximate surface area is 188 Å². The summed E-state index contributed by atoms with van der Waals surface area (Å²) in [5.41, 5.74) is 2.98. The molecule has 0 aromatic heterocycles. The largest absolute Gasteiger partial charge is 0.336 e. The Morgan fingerprint density at radius 2 is 1.56 bits per heavy atom. The van der Waals surface area contributed by atoms with E-state index in [-0.39, 0.29) is 17.4 Å². The normalized spacial score (nSPS) is 19.8. The number of carbonyl (C=O) groups excluding carboxylic acids is 2. The molecule has 0 atom stereocenters. The minimum absolute atomic E-state index is 0.101. The number of nitrogens with zero attached hydrogens (tertiary/aromatic N) is 3. The van der Waals surface area contributed by atoms with Crippen molar-refractivity contribution < 1.29 is 14.0 Å². The summed E-state index contributed by atoms with van der Waals surface area (Å²) in [6.07, 6.45) is 5.95. The van der Waals surface area contributed by atoms with E-state index in [0.717, 1.165) is 42.9 Å². The zero-order valence-electron chi connectivity index (χ0n) is 18.4. The molecule has 1 aliphatic carbocycles. The highest BCUT2D eigenvalue weighted by atomic mass is 19.1. The lowest BCUT2D eigenvalue weighted by molar-refractivity contribution is 0.0572. The van der Waals surface area contributed by atoms with Crippen LogP contribution >= 0.6 is 0 Å². The molecule has 2 aromatic carbocycles. The molecule has 5 rings (SSSR count). The Bertz CT molecular complexity index is 1010. The van der Waals surface area contributed by atoms with Gasteiger partial charge in [-0.05, 0) is 54.7 Å². The van der Waals surface area contributed by atoms with Crippen molar-refractivity contribution in [2.24, 2.45) is 0 Å². The number of rotatable bonds is 3. The van der Waals surface area contributed by atoms with Crippen molar-refractivity contribution in [3.8, 4) is 0 Å². The second kappa shape index (κ2) is 9.02. The highest BCUT2D eigenvalue weighted by molar-refractivity contribution is 5.95. The number of hydrogen-bond donors (Lipinski definition) is 0. The summed E-state index contributed by atoms with van der Waals surface area (Å²) in [5.74, 6) is -0.671. The van der Waals surface area contributed by atoms with Gasteiger partial charge in [0.05, 0.1) is 5.56 Å². The fourth-order valence-corrected chi connectivity index (χ4v) is 5.41. The molecule has 2 amide bonds. The number of carbonyl (C=O) groups is 2. The fraction of sp³-hybridized carbons (Fsp3) is 0.462. The lowest BCUT2D eigenvalue weighted by atomic mass is 9.96. The molecule has 2 aliphatic heterocycles. The molecule has 0 N–H and O–H groups in total. The van der Waals surface area contributed by atoms with Crippen LogP contribution in [0.3, 0.4) is 0 Å². The first-order valence-corrected chi connectivity index (χ1v) is 11.8. The first kappa shape index (κ1) is 21.1. The fourth-order valence-electron chi connectivity index (χ4n) is 5.41. The number of benzene rings is 2. The van der Waals surface area contributed by atoms with Crippen LogP contribution in [0.2, 0.25) is 0 Å². The lowest BCUT2D eigenvalue weighted by Gasteiger charge is -2.38. The van der Waals surface area contributed by atoms with Crippen LogP contribution in [0.4, 0.5) is 4.39 Å². The van der Waals surface area contributed by atoms with Gasteiger partial charge in [-0.15, -0.1) is 0 Å². The van der Waals surface area contributed by atoms with Crippen LogP contribution in [-0.4, -0.2) is 65.3 Å². The summed E-state index contributed by atoms with van der Waals surface area (Å²) in [7, 11) is 0. The molecule has 1 saturated carbocycles. The molecule has 6 heteroatoms. The third kappa shape index (κ3) is 4.16. The summed E-state index contributed by atoms with van der Waals surface area (Å²) >= 11 is 0. The van der Waals surface area contributed by atoms with E-state index in [9.17, 15) is 14.0 Å². The first-order valence-electron chi connectivity index (χ1n) is 11.8. The van der Waals surface area contributed by atoms with E-state index in [1.54, 1.807) is 17.0 Å². The molecule has 0 unspecified atom stereocenters. The molecule has 3 aliphatic rings. The number of halogens is 1. The van der Waals surface area contributed by atoms with Crippen molar-refractivity contribution in [1.82, 2.24) is 14.7 Å². The van der Waals surface area contributed by atoms with Crippen LogP contribution in [0.15, 0.2) is 42.5 Å². The van der Waals surface area contributed by atoms with Crippen molar-refractivity contribution in [1.29, 1.82) is 0 Å². The van der Waals surface area contributed by atoms with E-state index in [0.29, 0.717) is 25.6 Å². The standard InChI is InChI=1S/C26H30FN3O2/c27-24-8-4-3-7-23(24)26(32)30-12-11-19-17-20(9-10-21(19)18-30)25(31)29-15-13-28(14-16-29)22-5-1-2-6-22/h3-4,7-10,17,22H,1-2,5-6,11-16,18H2. The van der Waals surface area contributed by atoms with Gasteiger partial charge in [-0.25, -0.2) is 4.39 Å². The molecule has 1 saturated heterocycles. The predicted molar refractivity (Wildman–Crippen MR) is 121 cm³/mol. The minimum atomic E-state index is -0.489. The van der Waals surface area contributed by atoms with Gasteiger partial charge < -0.3 is 9.80 Å². The molecule has 32 heavy (non-hydrogen) atoms. The van der Waals surface area contributed by atoms with Gasteiger partial charge in [0.15, 0.2) is 0 Å². The van der Waals surface area contributed by atoms with Gasteiger partial charge in [-0.2, -0.15) is 0 Å². The Balaban J connectivity index is 1.23. The smallest absolute Gasteiger partial charge is 0.257 e. The zero-order chi connectivity index (χ0) is 22.1. The van der Waals surface area contributed by atoms with E-state index < -0.39 is 5.82 Å². The molecule has 2 aromatic rings. The lowest BCUT2D eigenvalue weighted by Crippen LogP contribution is -2.51. The molecular weight excluding hydrogens is 405 g/mol. The molecule has 0 spiro atoms. The second-order valence-corrected chi connectivity index (χ2v) is 9.21. The van der Waals surface area contributed by atoms with E-state index in [2.05, 4.69) is 4.90 Å². The average molecular weight is 436 g/mol. The summed E-state index contributed by atoms with van der Waals surface area (Å²) < 4.78 is 14.0. The maximum absolute atomic E-state index is 14.0. The van der Waals surface area contributed by atoms with E-state index in [4.69, 9.17) is 0 Å². The highest BCUT2D eigenvalue weighted by Gasteiger charge is 2.29. The van der Waals surface area contributed by atoms with Crippen LogP contribution in [0.5, 0.6) is 0 Å². The molecule has 2 fully saturated rings. The SMILES string of the molecule is O=C(c1ccc2c(c1)CCN(C(=O)c1ccccc1F)C2)N1CCN(C2CCCC2)CC1. The third-order valence-electron chi connectivity index (χ3n) is 7.30. The van der Waals surface area contributed by atoms with Crippen molar-refractivity contribution in [2.75, 3.05) is 32.7 Å². The minimum Gasteiger partial charge on any atom is -0.336 e. The second-order valence-electron chi connectivity index (χ2n) is 9.21. The third-order valence-corrected chi connectivity index (χ3v) is 7.30. The molecule has 2 heterocycles. The number of hydrogen-bond acceptors (Lipinski definition) is 3. The van der Waals surface area contributed by atoms with Crippen molar-refractivity contribution >= 4 is 11.8 Å². The Morgan fingerprint density at radius 3 is 2.31 bits per heavy atom. The zero-order valence-corrected chi connectivity index (χ0v) is 18.4. The first-order chi connectivity index (χ1) is 15.6. The highest BCUT2D eigenvalue weighted by Crippen LogP contribution is 2.26. The Kier molecular flexibility index (Phi) is 5.96. The summed E-state index contributed by atoms with van der Waals surface area (Å²) in [6, 6.07) is 12.7. The van der Waals surface area contributed by atoms with Crippen molar-refractivity contribution in [3.63, 3.8) is 0 Å². The molecule has 0 bridgehead atoms. The Hall–Kier alpha value is -2.73. The summed E-state index contributed by atoms with van der Waals surface area (Å²) in [5, 5.41) is 0. The van der Waals surface area contributed by atoms with Gasteiger partial charge in [-0.1, -0.05) is 31.0 Å². The monoisotopic (exact) mass is 435 g/mol. The van der Waals surface area contributed by atoms with Gasteiger partial charge in [-0.3, -0.25) is 14.5 Å². The maximum Gasteiger partial charge on any atom is 0.257 e. The van der Waals surface area contributed by atoms with Gasteiger partial charge in [0.1, 0.15) is 5.82 Å². The van der Waals surface area contributed by atoms with Crippen LogP contribution in [0.25, 0.3) is 0 Å². The van der Waals surface area contributed by atoms with Crippen molar-refractivity contribution in [2.45, 2.75) is 44.7 Å². The quantitative estimate of drug-likeness (QED) is 0.738. The number of amides is 2. The molecule has 168 valence electrons. The number of fused-ring (bicyclic) bond motifs is 1. The topological polar surface area (TPSA) is 43.9 Å². The summed E-state index contributed by atoms with van der Waals surface area (Å²) in [6.45, 7) is 4.48. The van der Waals surface area contributed by atoms with Gasteiger partial charge in [0, 0.05) is 50.9 Å². The summed E-state index contributed by atoms with van der Waals surface area (Å²) in [4.78, 5) is 32.1. The average Bonchev–Trinajstić information content (AvgIpc) is 3.38. The van der Waals surface area contributed by atoms with E-state index >= 15 is 0 Å². The predicted octanol–water partition coefficient (Wildman–Crippen LogP) is 3.72.